The smallest absolute Gasteiger partial charge is 0.371 e. The number of methoxy groups -OCH3 is 1. The van der Waals surface area contributed by atoms with E-state index in [1.807, 2.05) is 0 Å². The molecular weight excluding hydrogens is 226 g/mol. The number of nitrogens with one attached hydrogen (secondary N) is 1. The Labute approximate surface area is 98.5 Å². The Hall–Kier alpha value is -1.53. The zero-order valence-electron chi connectivity index (χ0n) is 9.56. The number of carboxylic acid groups (broad SMARTS) is 1. The molecule has 0 spiro atoms. The van der Waals surface area contributed by atoms with Gasteiger partial charge in [0.25, 0.3) is 0 Å². The molecule has 1 aliphatic rings. The number of rotatable bonds is 5. The Balaban J connectivity index is 1.94. The van der Waals surface area contributed by atoms with Crippen LogP contribution in [0.2, 0.25) is 0 Å². The molecule has 6 nitrogen and oxygen atoms in total. The predicted octanol–water partition coefficient (Wildman–Crippen LogP) is 1.20. The number of hydrogen-bond donors (Lipinski definition) is 2. The maximum absolute atomic E-state index is 10.6. The summed E-state index contributed by atoms with van der Waals surface area (Å²) in [7, 11) is 1.64. The zero-order valence-corrected chi connectivity index (χ0v) is 9.56. The van der Waals surface area contributed by atoms with Crippen LogP contribution in [-0.2, 0) is 9.47 Å². The monoisotopic (exact) mass is 241 g/mol. The van der Waals surface area contributed by atoms with E-state index < -0.39 is 5.97 Å². The largest absolute Gasteiger partial charge is 0.475 e. The number of aromatic carboxylic acids is 1. The second-order valence-electron chi connectivity index (χ2n) is 4.01. The van der Waals surface area contributed by atoms with Crippen LogP contribution in [0.25, 0.3) is 0 Å². The van der Waals surface area contributed by atoms with Gasteiger partial charge in [-0.1, -0.05) is 0 Å². The first-order valence-corrected chi connectivity index (χ1v) is 5.35. The van der Waals surface area contributed by atoms with Crippen molar-refractivity contribution in [2.75, 3.05) is 32.2 Å². The molecule has 0 bridgehead atoms. The van der Waals surface area contributed by atoms with Gasteiger partial charge in [-0.2, -0.15) is 0 Å². The fourth-order valence-corrected chi connectivity index (χ4v) is 1.76. The third-order valence-corrected chi connectivity index (χ3v) is 2.90. The molecular formula is C11H15NO5. The molecule has 1 aromatic rings. The second-order valence-corrected chi connectivity index (χ2v) is 4.01. The molecule has 6 heteroatoms. The van der Waals surface area contributed by atoms with Crippen molar-refractivity contribution in [3.8, 4) is 0 Å². The van der Waals surface area contributed by atoms with E-state index in [0.29, 0.717) is 25.6 Å². The highest BCUT2D eigenvalue weighted by Gasteiger charge is 2.34. The van der Waals surface area contributed by atoms with Gasteiger partial charge in [-0.05, 0) is 6.07 Å². The molecule has 17 heavy (non-hydrogen) atoms. The van der Waals surface area contributed by atoms with Crippen molar-refractivity contribution < 1.29 is 23.8 Å². The molecule has 1 aromatic heterocycles. The number of furan rings is 1. The summed E-state index contributed by atoms with van der Waals surface area (Å²) in [5.41, 5.74) is -0.351. The second kappa shape index (κ2) is 4.77. The topological polar surface area (TPSA) is 80.9 Å². The van der Waals surface area contributed by atoms with Crippen LogP contribution in [0.5, 0.6) is 0 Å². The number of ether oxygens (including phenoxy) is 2. The van der Waals surface area contributed by atoms with E-state index >= 15 is 0 Å². The minimum atomic E-state index is -1.08. The lowest BCUT2D eigenvalue weighted by Gasteiger charge is -2.25. The molecule has 0 aliphatic carbocycles. The molecule has 2 heterocycles. The molecule has 94 valence electrons. The van der Waals surface area contributed by atoms with Crippen molar-refractivity contribution in [2.24, 2.45) is 0 Å². The fourth-order valence-electron chi connectivity index (χ4n) is 1.76. The normalized spacial score (nSPS) is 23.8. The van der Waals surface area contributed by atoms with Gasteiger partial charge in [0.2, 0.25) is 5.76 Å². The van der Waals surface area contributed by atoms with Crippen molar-refractivity contribution >= 4 is 11.9 Å². The molecule has 1 unspecified atom stereocenters. The quantitative estimate of drug-likeness (QED) is 0.806. The summed E-state index contributed by atoms with van der Waals surface area (Å²) in [5, 5.41) is 11.7. The third-order valence-electron chi connectivity index (χ3n) is 2.90. The van der Waals surface area contributed by atoms with E-state index in [0.717, 1.165) is 6.42 Å². The lowest BCUT2D eigenvalue weighted by molar-refractivity contribution is -0.00647. The summed E-state index contributed by atoms with van der Waals surface area (Å²) in [6.07, 6.45) is 0.809. The number of hydrogen-bond acceptors (Lipinski definition) is 5. The molecule has 0 radical (unpaired) electrons. The van der Waals surface area contributed by atoms with E-state index in [1.54, 1.807) is 13.2 Å². The fraction of sp³-hybridized carbons (Fsp3) is 0.545. The average Bonchev–Trinajstić information content (AvgIpc) is 2.96. The minimum Gasteiger partial charge on any atom is -0.475 e. The van der Waals surface area contributed by atoms with Crippen LogP contribution in [0.1, 0.15) is 17.0 Å². The highest BCUT2D eigenvalue weighted by Crippen LogP contribution is 2.23. The summed E-state index contributed by atoms with van der Waals surface area (Å²) in [6, 6.07) is 3.00. The van der Waals surface area contributed by atoms with Crippen molar-refractivity contribution in [1.29, 1.82) is 0 Å². The zero-order chi connectivity index (χ0) is 12.3. The van der Waals surface area contributed by atoms with Gasteiger partial charge in [0, 0.05) is 32.7 Å². The maximum Gasteiger partial charge on any atom is 0.371 e. The minimum absolute atomic E-state index is 0.0818. The first-order valence-electron chi connectivity index (χ1n) is 5.35. The van der Waals surface area contributed by atoms with E-state index in [2.05, 4.69) is 5.32 Å². The molecule has 0 amide bonds. The highest BCUT2D eigenvalue weighted by molar-refractivity contribution is 5.84. The van der Waals surface area contributed by atoms with E-state index in [4.69, 9.17) is 19.0 Å². The van der Waals surface area contributed by atoms with Crippen LogP contribution in [0.4, 0.5) is 5.88 Å². The Morgan fingerprint density at radius 3 is 3.00 bits per heavy atom. The molecule has 1 fully saturated rings. The molecule has 1 atom stereocenters. The van der Waals surface area contributed by atoms with Crippen molar-refractivity contribution in [2.45, 2.75) is 12.0 Å². The van der Waals surface area contributed by atoms with Gasteiger partial charge in [0.05, 0.1) is 6.61 Å². The predicted molar refractivity (Wildman–Crippen MR) is 59.3 cm³/mol. The van der Waals surface area contributed by atoms with Crippen molar-refractivity contribution in [3.05, 3.63) is 17.9 Å². The summed E-state index contributed by atoms with van der Waals surface area (Å²) in [4.78, 5) is 10.6. The van der Waals surface area contributed by atoms with Crippen LogP contribution in [0.3, 0.4) is 0 Å². The Bertz CT molecular complexity index is 394. The first-order chi connectivity index (χ1) is 8.15. The van der Waals surface area contributed by atoms with Gasteiger partial charge >= 0.3 is 5.97 Å². The number of anilines is 1. The Kier molecular flexibility index (Phi) is 3.35. The third kappa shape index (κ3) is 2.59. The van der Waals surface area contributed by atoms with Gasteiger partial charge in [-0.3, -0.25) is 0 Å². The lowest BCUT2D eigenvalue weighted by Crippen LogP contribution is -2.39. The highest BCUT2D eigenvalue weighted by atomic mass is 16.5. The summed E-state index contributed by atoms with van der Waals surface area (Å²) in [5.74, 6) is -0.740. The summed E-state index contributed by atoms with van der Waals surface area (Å²) < 4.78 is 15.8. The van der Waals surface area contributed by atoms with Crippen molar-refractivity contribution in [3.63, 3.8) is 0 Å². The van der Waals surface area contributed by atoms with E-state index in [9.17, 15) is 4.79 Å². The molecule has 0 saturated carbocycles. The molecule has 1 aliphatic heterocycles. The van der Waals surface area contributed by atoms with Gasteiger partial charge in [-0.25, -0.2) is 4.79 Å². The summed E-state index contributed by atoms with van der Waals surface area (Å²) >= 11 is 0. The number of carboxylic acids is 1. The molecule has 1 saturated heterocycles. The van der Waals surface area contributed by atoms with Gasteiger partial charge in [0.1, 0.15) is 5.60 Å². The Morgan fingerprint density at radius 1 is 1.65 bits per heavy atom. The summed E-state index contributed by atoms with van der Waals surface area (Å²) in [6.45, 7) is 1.73. The molecule has 0 aromatic carbocycles. The molecule has 2 N–H and O–H groups in total. The number of carbonyl (C=O) groups is 1. The first kappa shape index (κ1) is 11.9. The van der Waals surface area contributed by atoms with Gasteiger partial charge in [0.15, 0.2) is 5.88 Å². The Morgan fingerprint density at radius 2 is 2.47 bits per heavy atom. The molecule has 2 rings (SSSR count). The van der Waals surface area contributed by atoms with Crippen LogP contribution in [0, 0.1) is 0 Å². The van der Waals surface area contributed by atoms with Gasteiger partial charge in [-0.15, -0.1) is 0 Å². The SMILES string of the molecule is COC1(CNc2ccc(C(=O)O)o2)CCOC1. The van der Waals surface area contributed by atoms with E-state index in [-0.39, 0.29) is 11.4 Å². The standard InChI is InChI=1S/C11H15NO5/c1-15-11(4-5-16-7-11)6-12-9-3-2-8(17-9)10(13)14/h2-3,12H,4-7H2,1H3,(H,13,14). The van der Waals surface area contributed by atoms with Crippen molar-refractivity contribution in [1.82, 2.24) is 0 Å². The van der Waals surface area contributed by atoms with Crippen LogP contribution >= 0.6 is 0 Å². The van der Waals surface area contributed by atoms with Crippen LogP contribution < -0.4 is 5.32 Å². The maximum atomic E-state index is 10.6. The van der Waals surface area contributed by atoms with Crippen LogP contribution in [0.15, 0.2) is 16.5 Å². The lowest BCUT2D eigenvalue weighted by atomic mass is 10.0. The van der Waals surface area contributed by atoms with Crippen LogP contribution in [-0.4, -0.2) is 43.5 Å². The van der Waals surface area contributed by atoms with E-state index in [1.165, 1.54) is 6.07 Å². The van der Waals surface area contributed by atoms with Gasteiger partial charge < -0.3 is 24.3 Å². The average molecular weight is 241 g/mol.